The van der Waals surface area contributed by atoms with E-state index >= 15 is 0 Å². The molecule has 1 aromatic rings. The number of nitrogens with two attached hydrogens (primary N) is 1. The molecule has 0 unspecified atom stereocenters. The van der Waals surface area contributed by atoms with Gasteiger partial charge in [0.1, 0.15) is 5.82 Å². The SMILES string of the molecule is CCCCn1c(N)c(N(CCC(C)C)C(=O)CC(C)C)c(=O)[nH]c1=O. The van der Waals surface area contributed by atoms with Crippen LogP contribution in [0.1, 0.15) is 60.3 Å². The van der Waals surface area contributed by atoms with E-state index in [1.807, 2.05) is 20.8 Å². The Labute approximate surface area is 149 Å². The number of carbonyl (C=O) groups is 1. The fourth-order valence-electron chi connectivity index (χ4n) is 2.58. The lowest BCUT2D eigenvalue weighted by Crippen LogP contribution is -2.42. The average Bonchev–Trinajstić information content (AvgIpc) is 2.48. The molecule has 0 aromatic carbocycles. The molecule has 0 saturated heterocycles. The first-order valence-corrected chi connectivity index (χ1v) is 9.11. The lowest BCUT2D eigenvalue weighted by Gasteiger charge is -2.26. The maximum absolute atomic E-state index is 12.7. The lowest BCUT2D eigenvalue weighted by atomic mass is 10.1. The van der Waals surface area contributed by atoms with Crippen molar-refractivity contribution in [2.75, 3.05) is 17.2 Å². The summed E-state index contributed by atoms with van der Waals surface area (Å²) in [6.07, 6.45) is 2.73. The number of rotatable bonds is 9. The molecular weight excluding hydrogens is 320 g/mol. The number of nitrogens with zero attached hydrogens (tertiary/aromatic N) is 2. The number of aromatic amines is 1. The van der Waals surface area contributed by atoms with Gasteiger partial charge < -0.3 is 10.6 Å². The van der Waals surface area contributed by atoms with E-state index in [2.05, 4.69) is 18.8 Å². The van der Waals surface area contributed by atoms with E-state index in [9.17, 15) is 14.4 Å². The summed E-state index contributed by atoms with van der Waals surface area (Å²) in [7, 11) is 0. The topological polar surface area (TPSA) is 101 Å². The smallest absolute Gasteiger partial charge is 0.330 e. The van der Waals surface area contributed by atoms with Gasteiger partial charge in [-0.15, -0.1) is 0 Å². The Morgan fingerprint density at radius 2 is 1.84 bits per heavy atom. The Morgan fingerprint density at radius 3 is 2.36 bits per heavy atom. The molecule has 1 rings (SSSR count). The molecule has 0 spiro atoms. The summed E-state index contributed by atoms with van der Waals surface area (Å²) in [5.74, 6) is 0.470. The summed E-state index contributed by atoms with van der Waals surface area (Å²) in [5.41, 5.74) is 5.12. The van der Waals surface area contributed by atoms with Gasteiger partial charge in [-0.1, -0.05) is 41.0 Å². The number of amides is 1. The van der Waals surface area contributed by atoms with E-state index in [4.69, 9.17) is 5.73 Å². The molecule has 1 amide bonds. The predicted octanol–water partition coefficient (Wildman–Crippen LogP) is 2.34. The molecular formula is C18H32N4O3. The van der Waals surface area contributed by atoms with Crippen molar-refractivity contribution in [3.63, 3.8) is 0 Å². The third-order valence-corrected chi connectivity index (χ3v) is 4.03. The van der Waals surface area contributed by atoms with Crippen LogP contribution in [-0.2, 0) is 11.3 Å². The Hall–Kier alpha value is -2.05. The van der Waals surface area contributed by atoms with Gasteiger partial charge in [0.05, 0.1) is 0 Å². The standard InChI is InChI=1S/C18H32N4O3/c1-6-7-9-22-16(19)15(17(24)20-18(22)25)21(10-8-12(2)3)14(23)11-13(4)5/h12-13H,6-11,19H2,1-5H3,(H,20,24,25). The molecule has 25 heavy (non-hydrogen) atoms. The number of hydrogen-bond acceptors (Lipinski definition) is 4. The van der Waals surface area contributed by atoms with Crippen LogP contribution in [-0.4, -0.2) is 22.0 Å². The molecule has 0 atom stereocenters. The fourth-order valence-corrected chi connectivity index (χ4v) is 2.58. The second-order valence-electron chi connectivity index (χ2n) is 7.32. The summed E-state index contributed by atoms with van der Waals surface area (Å²) in [5, 5.41) is 0. The first-order valence-electron chi connectivity index (χ1n) is 9.11. The van der Waals surface area contributed by atoms with Crippen molar-refractivity contribution in [3.8, 4) is 0 Å². The van der Waals surface area contributed by atoms with Crippen LogP contribution in [0.5, 0.6) is 0 Å². The molecule has 0 radical (unpaired) electrons. The highest BCUT2D eigenvalue weighted by Crippen LogP contribution is 2.20. The summed E-state index contributed by atoms with van der Waals surface area (Å²) < 4.78 is 1.35. The molecule has 142 valence electrons. The maximum Gasteiger partial charge on any atom is 0.330 e. The van der Waals surface area contributed by atoms with Gasteiger partial charge in [-0.2, -0.15) is 0 Å². The van der Waals surface area contributed by atoms with Crippen molar-refractivity contribution in [1.29, 1.82) is 0 Å². The van der Waals surface area contributed by atoms with Crippen LogP contribution in [0, 0.1) is 11.8 Å². The summed E-state index contributed by atoms with van der Waals surface area (Å²) in [4.78, 5) is 41.0. The van der Waals surface area contributed by atoms with Crippen LogP contribution in [0.4, 0.5) is 11.5 Å². The van der Waals surface area contributed by atoms with E-state index in [-0.39, 0.29) is 23.3 Å². The van der Waals surface area contributed by atoms with Crippen molar-refractivity contribution in [3.05, 3.63) is 20.8 Å². The summed E-state index contributed by atoms with van der Waals surface area (Å²) >= 11 is 0. The minimum atomic E-state index is -0.601. The lowest BCUT2D eigenvalue weighted by molar-refractivity contribution is -0.119. The first-order chi connectivity index (χ1) is 11.7. The zero-order valence-electron chi connectivity index (χ0n) is 16.1. The highest BCUT2D eigenvalue weighted by Gasteiger charge is 2.24. The third kappa shape index (κ3) is 5.76. The van der Waals surface area contributed by atoms with Gasteiger partial charge in [-0.25, -0.2) is 4.79 Å². The molecule has 0 aliphatic rings. The number of hydrogen-bond donors (Lipinski definition) is 2. The second-order valence-corrected chi connectivity index (χ2v) is 7.32. The zero-order chi connectivity index (χ0) is 19.1. The molecule has 0 bridgehead atoms. The number of nitrogens with one attached hydrogen (secondary N) is 1. The van der Waals surface area contributed by atoms with Gasteiger partial charge in [0.15, 0.2) is 5.69 Å². The van der Waals surface area contributed by atoms with Gasteiger partial charge in [0, 0.05) is 19.5 Å². The fraction of sp³-hybridized carbons (Fsp3) is 0.722. The van der Waals surface area contributed by atoms with Gasteiger partial charge in [0.25, 0.3) is 5.56 Å². The molecule has 0 aliphatic carbocycles. The maximum atomic E-state index is 12.7. The Kier molecular flexibility index (Phi) is 7.93. The van der Waals surface area contributed by atoms with Crippen LogP contribution in [0.25, 0.3) is 0 Å². The van der Waals surface area contributed by atoms with Crippen molar-refractivity contribution < 1.29 is 4.79 Å². The summed E-state index contributed by atoms with van der Waals surface area (Å²) in [6.45, 7) is 10.9. The molecule has 7 nitrogen and oxygen atoms in total. The molecule has 0 saturated carbocycles. The van der Waals surface area contributed by atoms with Gasteiger partial charge in [-0.3, -0.25) is 19.1 Å². The first kappa shape index (κ1) is 21.0. The van der Waals surface area contributed by atoms with Crippen molar-refractivity contribution >= 4 is 17.4 Å². The van der Waals surface area contributed by atoms with Crippen LogP contribution in [0.15, 0.2) is 9.59 Å². The van der Waals surface area contributed by atoms with Crippen molar-refractivity contribution in [1.82, 2.24) is 9.55 Å². The van der Waals surface area contributed by atoms with Crippen LogP contribution >= 0.6 is 0 Å². The molecule has 0 fully saturated rings. The van der Waals surface area contributed by atoms with E-state index < -0.39 is 11.2 Å². The molecule has 3 N–H and O–H groups in total. The Balaban J connectivity index is 3.38. The number of carbonyl (C=O) groups excluding carboxylic acids is 1. The van der Waals surface area contributed by atoms with Gasteiger partial charge in [-0.05, 0) is 24.7 Å². The minimum Gasteiger partial charge on any atom is -0.383 e. The Morgan fingerprint density at radius 1 is 1.20 bits per heavy atom. The number of nitrogen functional groups attached to an aromatic ring is 1. The number of anilines is 2. The monoisotopic (exact) mass is 352 g/mol. The minimum absolute atomic E-state index is 0.0723. The quantitative estimate of drug-likeness (QED) is 0.712. The van der Waals surface area contributed by atoms with Crippen molar-refractivity contribution in [2.24, 2.45) is 11.8 Å². The molecule has 7 heteroatoms. The third-order valence-electron chi connectivity index (χ3n) is 4.03. The number of aromatic nitrogens is 2. The van der Waals surface area contributed by atoms with Gasteiger partial charge in [0.2, 0.25) is 5.91 Å². The van der Waals surface area contributed by atoms with E-state index in [0.717, 1.165) is 19.3 Å². The van der Waals surface area contributed by atoms with E-state index in [1.54, 1.807) is 0 Å². The van der Waals surface area contributed by atoms with Crippen LogP contribution in [0.3, 0.4) is 0 Å². The highest BCUT2D eigenvalue weighted by molar-refractivity contribution is 5.95. The van der Waals surface area contributed by atoms with Crippen LogP contribution < -0.4 is 21.9 Å². The Bertz CT molecular complexity index is 689. The van der Waals surface area contributed by atoms with E-state index in [0.29, 0.717) is 25.4 Å². The number of unbranched alkanes of at least 4 members (excludes halogenated alkanes) is 1. The van der Waals surface area contributed by atoms with Crippen LogP contribution in [0.2, 0.25) is 0 Å². The predicted molar refractivity (Wildman–Crippen MR) is 102 cm³/mol. The molecule has 1 aromatic heterocycles. The normalized spacial score (nSPS) is 11.3. The largest absolute Gasteiger partial charge is 0.383 e. The highest BCUT2D eigenvalue weighted by atomic mass is 16.2. The average molecular weight is 352 g/mol. The van der Waals surface area contributed by atoms with Gasteiger partial charge >= 0.3 is 5.69 Å². The van der Waals surface area contributed by atoms with E-state index in [1.165, 1.54) is 9.47 Å². The summed E-state index contributed by atoms with van der Waals surface area (Å²) in [6, 6.07) is 0. The zero-order valence-corrected chi connectivity index (χ0v) is 16.1. The molecule has 0 aliphatic heterocycles. The molecule has 1 heterocycles. The second kappa shape index (κ2) is 9.44. The van der Waals surface area contributed by atoms with Crippen molar-refractivity contribution in [2.45, 2.75) is 66.8 Å². The number of H-pyrrole nitrogens is 1.